The second-order valence-corrected chi connectivity index (χ2v) is 3.77. The van der Waals surface area contributed by atoms with Crippen molar-refractivity contribution in [2.75, 3.05) is 0 Å². The van der Waals surface area contributed by atoms with E-state index in [1.165, 1.54) is 6.08 Å². The Bertz CT molecular complexity index is 606. The van der Waals surface area contributed by atoms with Crippen molar-refractivity contribution in [1.29, 1.82) is 0 Å². The van der Waals surface area contributed by atoms with Gasteiger partial charge >= 0.3 is 5.97 Å². The topological polar surface area (TPSA) is 53.1 Å². The molecule has 2 aromatic rings. The number of hydrogen-bond donors (Lipinski definition) is 2. The summed E-state index contributed by atoms with van der Waals surface area (Å²) in [5, 5.41) is 9.61. The Hall–Kier alpha value is -2.29. The molecule has 0 unspecified atom stereocenters. The van der Waals surface area contributed by atoms with Gasteiger partial charge in [-0.2, -0.15) is 0 Å². The third kappa shape index (κ3) is 2.45. The van der Waals surface area contributed by atoms with E-state index in [-0.39, 0.29) is 0 Å². The van der Waals surface area contributed by atoms with Crippen molar-refractivity contribution in [2.45, 2.75) is 6.92 Å². The molecule has 0 aliphatic carbocycles. The van der Waals surface area contributed by atoms with Crippen LogP contribution in [-0.4, -0.2) is 16.1 Å². The number of benzene rings is 1. The summed E-state index contributed by atoms with van der Waals surface area (Å²) >= 11 is 0. The van der Waals surface area contributed by atoms with E-state index >= 15 is 0 Å². The molecule has 0 saturated carbocycles. The van der Waals surface area contributed by atoms with E-state index in [4.69, 9.17) is 5.11 Å². The number of carboxylic acids is 1. The van der Waals surface area contributed by atoms with Gasteiger partial charge in [-0.1, -0.05) is 36.4 Å². The molecule has 0 radical (unpaired) electrons. The van der Waals surface area contributed by atoms with Crippen molar-refractivity contribution >= 4 is 22.9 Å². The average molecular weight is 227 g/mol. The standard InChI is InChI=1S/C14H13NO2/c1-10-11(6-3-5-9-14(16)17)12-7-2-4-8-13(12)15-10/h2-9,15H,1H3,(H,16,17)/b6-3+,9-5+. The van der Waals surface area contributed by atoms with Gasteiger partial charge in [0.05, 0.1) is 0 Å². The number of allylic oxidation sites excluding steroid dienone is 2. The minimum Gasteiger partial charge on any atom is -0.478 e. The minimum atomic E-state index is -0.940. The maximum Gasteiger partial charge on any atom is 0.328 e. The molecular formula is C14H13NO2. The SMILES string of the molecule is Cc1[nH]c2ccccc2c1/C=C/C=C/C(=O)O. The largest absolute Gasteiger partial charge is 0.478 e. The Balaban J connectivity index is 2.35. The van der Waals surface area contributed by atoms with Crippen LogP contribution in [0.1, 0.15) is 11.3 Å². The van der Waals surface area contributed by atoms with Gasteiger partial charge in [0.15, 0.2) is 0 Å². The molecule has 0 aliphatic heterocycles. The molecule has 0 spiro atoms. The molecule has 3 nitrogen and oxygen atoms in total. The third-order valence-electron chi connectivity index (χ3n) is 2.56. The van der Waals surface area contributed by atoms with Crippen LogP contribution in [-0.2, 0) is 4.79 Å². The van der Waals surface area contributed by atoms with Crippen LogP contribution < -0.4 is 0 Å². The summed E-state index contributed by atoms with van der Waals surface area (Å²) in [5.74, 6) is -0.940. The maximum atomic E-state index is 10.3. The van der Waals surface area contributed by atoms with E-state index in [1.807, 2.05) is 37.3 Å². The summed E-state index contributed by atoms with van der Waals surface area (Å²) in [5.41, 5.74) is 3.26. The maximum absolute atomic E-state index is 10.3. The van der Waals surface area contributed by atoms with Gasteiger partial charge in [-0.05, 0) is 13.0 Å². The van der Waals surface area contributed by atoms with Crippen molar-refractivity contribution in [3.05, 3.63) is 53.8 Å². The lowest BCUT2D eigenvalue weighted by molar-refractivity contribution is -0.131. The predicted molar refractivity (Wildman–Crippen MR) is 68.8 cm³/mol. The normalized spacial score (nSPS) is 11.8. The fourth-order valence-electron chi connectivity index (χ4n) is 1.80. The predicted octanol–water partition coefficient (Wildman–Crippen LogP) is 3.13. The minimum absolute atomic E-state index is 0.940. The number of para-hydroxylation sites is 1. The Labute approximate surface area is 99.1 Å². The molecule has 1 aromatic heterocycles. The molecule has 0 amide bonds. The summed E-state index contributed by atoms with van der Waals surface area (Å²) in [6.45, 7) is 2.00. The van der Waals surface area contributed by atoms with E-state index in [0.29, 0.717) is 0 Å². The highest BCUT2D eigenvalue weighted by atomic mass is 16.4. The Kier molecular flexibility index (Phi) is 3.10. The second kappa shape index (κ2) is 4.70. The fourth-order valence-corrected chi connectivity index (χ4v) is 1.80. The van der Waals surface area contributed by atoms with Crippen LogP contribution >= 0.6 is 0 Å². The first kappa shape index (κ1) is 11.2. The number of aryl methyl sites for hydroxylation is 1. The van der Waals surface area contributed by atoms with Gasteiger partial charge in [0.1, 0.15) is 0 Å². The highest BCUT2D eigenvalue weighted by molar-refractivity contribution is 5.90. The molecular weight excluding hydrogens is 214 g/mol. The van der Waals surface area contributed by atoms with Crippen molar-refractivity contribution in [3.8, 4) is 0 Å². The zero-order valence-corrected chi connectivity index (χ0v) is 9.47. The number of rotatable bonds is 3. The van der Waals surface area contributed by atoms with Crippen LogP contribution in [0.25, 0.3) is 17.0 Å². The highest BCUT2D eigenvalue weighted by Crippen LogP contribution is 2.22. The quantitative estimate of drug-likeness (QED) is 0.625. The molecule has 0 aliphatic rings. The van der Waals surface area contributed by atoms with Crippen molar-refractivity contribution in [2.24, 2.45) is 0 Å². The van der Waals surface area contributed by atoms with Crippen LogP contribution in [0.5, 0.6) is 0 Å². The van der Waals surface area contributed by atoms with Crippen molar-refractivity contribution < 1.29 is 9.90 Å². The molecule has 2 N–H and O–H groups in total. The highest BCUT2D eigenvalue weighted by Gasteiger charge is 2.03. The molecule has 0 saturated heterocycles. The summed E-state index contributed by atoms with van der Waals surface area (Å²) in [4.78, 5) is 13.6. The van der Waals surface area contributed by atoms with Gasteiger partial charge in [0, 0.05) is 28.2 Å². The third-order valence-corrected chi connectivity index (χ3v) is 2.56. The lowest BCUT2D eigenvalue weighted by Crippen LogP contribution is -1.84. The summed E-state index contributed by atoms with van der Waals surface area (Å²) < 4.78 is 0. The van der Waals surface area contributed by atoms with Crippen molar-refractivity contribution in [1.82, 2.24) is 4.98 Å². The number of fused-ring (bicyclic) bond motifs is 1. The van der Waals surface area contributed by atoms with Gasteiger partial charge in [-0.3, -0.25) is 0 Å². The van der Waals surface area contributed by atoms with Gasteiger partial charge in [-0.25, -0.2) is 4.79 Å². The van der Waals surface area contributed by atoms with E-state index in [2.05, 4.69) is 4.98 Å². The van der Waals surface area contributed by atoms with Gasteiger partial charge < -0.3 is 10.1 Å². The Morgan fingerprint density at radius 2 is 2.06 bits per heavy atom. The number of aliphatic carboxylic acids is 1. The zero-order chi connectivity index (χ0) is 12.3. The Morgan fingerprint density at radius 3 is 2.82 bits per heavy atom. The van der Waals surface area contributed by atoms with Crippen molar-refractivity contribution in [3.63, 3.8) is 0 Å². The number of aromatic nitrogens is 1. The number of carboxylic acid groups (broad SMARTS) is 1. The molecule has 0 bridgehead atoms. The Morgan fingerprint density at radius 1 is 1.29 bits per heavy atom. The van der Waals surface area contributed by atoms with Crippen LogP contribution in [0, 0.1) is 6.92 Å². The fraction of sp³-hybridized carbons (Fsp3) is 0.0714. The van der Waals surface area contributed by atoms with Gasteiger partial charge in [0.25, 0.3) is 0 Å². The zero-order valence-electron chi connectivity index (χ0n) is 9.47. The van der Waals surface area contributed by atoms with Gasteiger partial charge in [-0.15, -0.1) is 0 Å². The molecule has 86 valence electrons. The lowest BCUT2D eigenvalue weighted by atomic mass is 10.1. The number of carbonyl (C=O) groups is 1. The first-order valence-electron chi connectivity index (χ1n) is 5.33. The van der Waals surface area contributed by atoms with E-state index in [1.54, 1.807) is 6.08 Å². The van der Waals surface area contributed by atoms with Gasteiger partial charge in [0.2, 0.25) is 0 Å². The molecule has 1 aromatic carbocycles. The van der Waals surface area contributed by atoms with E-state index in [0.717, 1.165) is 28.2 Å². The number of H-pyrrole nitrogens is 1. The monoisotopic (exact) mass is 227 g/mol. The number of aromatic amines is 1. The van der Waals surface area contributed by atoms with Crippen LogP contribution in [0.15, 0.2) is 42.5 Å². The first-order chi connectivity index (χ1) is 8.18. The molecule has 2 rings (SSSR count). The van der Waals surface area contributed by atoms with Crippen LogP contribution in [0.2, 0.25) is 0 Å². The van der Waals surface area contributed by atoms with E-state index < -0.39 is 5.97 Å². The van der Waals surface area contributed by atoms with Crippen LogP contribution in [0.4, 0.5) is 0 Å². The number of nitrogens with one attached hydrogen (secondary N) is 1. The first-order valence-corrected chi connectivity index (χ1v) is 5.33. The smallest absolute Gasteiger partial charge is 0.328 e. The molecule has 17 heavy (non-hydrogen) atoms. The number of hydrogen-bond acceptors (Lipinski definition) is 1. The summed E-state index contributed by atoms with van der Waals surface area (Å²) in [6, 6.07) is 8.03. The average Bonchev–Trinajstić information content (AvgIpc) is 2.60. The lowest BCUT2D eigenvalue weighted by Gasteiger charge is -1.91. The van der Waals surface area contributed by atoms with Crippen LogP contribution in [0.3, 0.4) is 0 Å². The molecule has 0 atom stereocenters. The summed E-state index contributed by atoms with van der Waals surface area (Å²) in [6.07, 6.45) is 6.27. The molecule has 0 fully saturated rings. The molecule has 3 heteroatoms. The molecule has 1 heterocycles. The second-order valence-electron chi connectivity index (χ2n) is 3.77. The summed E-state index contributed by atoms with van der Waals surface area (Å²) in [7, 11) is 0. The van der Waals surface area contributed by atoms with E-state index in [9.17, 15) is 4.79 Å².